The molecule has 0 aromatic heterocycles. The van der Waals surface area contributed by atoms with Crippen molar-refractivity contribution < 1.29 is 16.8 Å². The average Bonchev–Trinajstić information content (AvgIpc) is 2.17. The minimum atomic E-state index is -3.76. The molecule has 1 fully saturated rings. The van der Waals surface area contributed by atoms with E-state index >= 15 is 0 Å². The normalized spacial score (nSPS) is 19.8. The van der Waals surface area contributed by atoms with Gasteiger partial charge in [-0.3, -0.25) is 4.90 Å². The van der Waals surface area contributed by atoms with Crippen LogP contribution in [0.1, 0.15) is 26.2 Å². The van der Waals surface area contributed by atoms with Crippen molar-refractivity contribution in [3.63, 3.8) is 0 Å². The van der Waals surface area contributed by atoms with Crippen LogP contribution in [0.5, 0.6) is 0 Å². The summed E-state index contributed by atoms with van der Waals surface area (Å²) in [6, 6.07) is 0. The van der Waals surface area contributed by atoms with Gasteiger partial charge >= 0.3 is 0 Å². The molecule has 16 heavy (non-hydrogen) atoms. The number of hydrogen-bond acceptors (Lipinski definition) is 5. The molecule has 96 valence electrons. The molecule has 0 radical (unpaired) electrons. The van der Waals surface area contributed by atoms with Crippen LogP contribution >= 0.6 is 0 Å². The first-order valence-corrected chi connectivity index (χ1v) is 8.61. The second kappa shape index (κ2) is 5.44. The molecule has 0 saturated carbocycles. The van der Waals surface area contributed by atoms with Crippen molar-refractivity contribution >= 4 is 20.0 Å². The van der Waals surface area contributed by atoms with Crippen LogP contribution < -0.4 is 4.13 Å². The topological polar surface area (TPSA) is 83.5 Å². The molecule has 0 atom stereocenters. The van der Waals surface area contributed by atoms with E-state index in [0.29, 0.717) is 13.1 Å². The first kappa shape index (κ1) is 13.9. The van der Waals surface area contributed by atoms with Crippen LogP contribution in [0.15, 0.2) is 0 Å². The Bertz CT molecular complexity index is 409. The lowest BCUT2D eigenvalue weighted by Gasteiger charge is -2.25. The highest BCUT2D eigenvalue weighted by Gasteiger charge is 2.23. The molecule has 1 N–H and O–H groups in total. The third-order valence-corrected chi connectivity index (χ3v) is 5.93. The van der Waals surface area contributed by atoms with Gasteiger partial charge in [0.05, 0.1) is 5.75 Å². The molecular formula is C8H18N2O4S2. The van der Waals surface area contributed by atoms with Crippen LogP contribution in [-0.2, 0) is 20.0 Å². The lowest BCUT2D eigenvalue weighted by molar-refractivity contribution is 0.260. The summed E-state index contributed by atoms with van der Waals surface area (Å²) in [5, 5.41) is 0. The van der Waals surface area contributed by atoms with Gasteiger partial charge in [-0.1, -0.05) is 6.42 Å². The van der Waals surface area contributed by atoms with Crippen molar-refractivity contribution in [3.8, 4) is 0 Å². The monoisotopic (exact) mass is 270 g/mol. The van der Waals surface area contributed by atoms with E-state index in [4.69, 9.17) is 0 Å². The molecule has 0 amide bonds. The highest BCUT2D eigenvalue weighted by atomic mass is 32.3. The van der Waals surface area contributed by atoms with Gasteiger partial charge in [0.2, 0.25) is 20.0 Å². The predicted molar refractivity (Wildman–Crippen MR) is 61.8 cm³/mol. The Morgan fingerprint density at radius 3 is 2.06 bits per heavy atom. The van der Waals surface area contributed by atoms with Crippen LogP contribution in [0.3, 0.4) is 0 Å². The number of sulfonamides is 2. The van der Waals surface area contributed by atoms with Gasteiger partial charge in [-0.05, 0) is 32.9 Å². The van der Waals surface area contributed by atoms with E-state index in [1.807, 2.05) is 0 Å². The molecular weight excluding hydrogens is 252 g/mol. The van der Waals surface area contributed by atoms with Crippen LogP contribution in [0.25, 0.3) is 0 Å². The molecule has 0 unspecified atom stereocenters. The summed E-state index contributed by atoms with van der Waals surface area (Å²) in [6.45, 7) is 2.83. The van der Waals surface area contributed by atoms with E-state index in [-0.39, 0.29) is 11.6 Å². The Morgan fingerprint density at radius 2 is 1.56 bits per heavy atom. The molecule has 0 aliphatic carbocycles. The summed E-state index contributed by atoms with van der Waals surface area (Å²) in [6.07, 6.45) is 3.04. The maximum Gasteiger partial charge on any atom is 0.237 e. The fourth-order valence-corrected chi connectivity index (χ4v) is 4.58. The molecule has 0 aromatic carbocycles. The summed E-state index contributed by atoms with van der Waals surface area (Å²) < 4.78 is 47.1. The number of rotatable bonds is 5. The quantitative estimate of drug-likeness (QED) is 0.741. The van der Waals surface area contributed by atoms with E-state index in [2.05, 4.69) is 0 Å². The number of likely N-dealkylation sites (tertiary alicyclic amines) is 1. The van der Waals surface area contributed by atoms with Gasteiger partial charge in [0.1, 0.15) is 5.88 Å². The van der Waals surface area contributed by atoms with Crippen molar-refractivity contribution in [1.29, 1.82) is 0 Å². The molecule has 8 heteroatoms. The second-order valence-electron chi connectivity index (χ2n) is 3.91. The van der Waals surface area contributed by atoms with Crippen molar-refractivity contribution in [2.24, 2.45) is 0 Å². The van der Waals surface area contributed by atoms with Crippen LogP contribution in [0, 0.1) is 0 Å². The molecule has 6 nitrogen and oxygen atoms in total. The number of nitrogens with zero attached hydrogens (tertiary/aromatic N) is 1. The number of hydrogen-bond donors (Lipinski definition) is 1. The van der Waals surface area contributed by atoms with Crippen molar-refractivity contribution in [1.82, 2.24) is 9.03 Å². The van der Waals surface area contributed by atoms with E-state index in [1.54, 1.807) is 9.03 Å². The van der Waals surface area contributed by atoms with E-state index in [1.165, 1.54) is 6.92 Å². The number of piperidine rings is 1. The summed E-state index contributed by atoms with van der Waals surface area (Å²) in [4.78, 5) is 1.76. The molecule has 1 aliphatic rings. The SMILES string of the molecule is CCS(=O)(=O)NS(=O)(=O)CN1CCCCC1. The van der Waals surface area contributed by atoms with Gasteiger partial charge in [-0.2, -0.15) is 0 Å². The fourth-order valence-electron chi connectivity index (χ4n) is 1.61. The van der Waals surface area contributed by atoms with Crippen LogP contribution in [0.4, 0.5) is 0 Å². The molecule has 0 aromatic rings. The van der Waals surface area contributed by atoms with E-state index in [0.717, 1.165) is 19.3 Å². The first-order chi connectivity index (χ1) is 7.35. The zero-order chi connectivity index (χ0) is 12.2. The Labute approximate surface area is 97.1 Å². The first-order valence-electron chi connectivity index (χ1n) is 5.31. The van der Waals surface area contributed by atoms with Crippen molar-refractivity contribution in [2.45, 2.75) is 26.2 Å². The minimum Gasteiger partial charge on any atom is -0.289 e. The minimum absolute atomic E-state index is 0.230. The van der Waals surface area contributed by atoms with Gasteiger partial charge < -0.3 is 0 Å². The van der Waals surface area contributed by atoms with Gasteiger partial charge in [0, 0.05) is 0 Å². The zero-order valence-electron chi connectivity index (χ0n) is 9.35. The summed E-state index contributed by atoms with van der Waals surface area (Å²) in [5.74, 6) is -0.460. The van der Waals surface area contributed by atoms with Gasteiger partial charge in [-0.15, -0.1) is 4.13 Å². The maximum atomic E-state index is 11.5. The number of nitrogens with one attached hydrogen (secondary N) is 1. The van der Waals surface area contributed by atoms with Gasteiger partial charge in [0.15, 0.2) is 0 Å². The van der Waals surface area contributed by atoms with Crippen molar-refractivity contribution in [2.75, 3.05) is 24.7 Å². The lowest BCUT2D eigenvalue weighted by Crippen LogP contribution is -2.42. The lowest BCUT2D eigenvalue weighted by atomic mass is 10.1. The Kier molecular flexibility index (Phi) is 4.72. The highest BCUT2D eigenvalue weighted by molar-refractivity contribution is 8.04. The predicted octanol–water partition coefficient (Wildman–Crippen LogP) is -0.301. The summed E-state index contributed by atoms with van der Waals surface area (Å²) in [5.41, 5.74) is 0. The van der Waals surface area contributed by atoms with Gasteiger partial charge in [0.25, 0.3) is 0 Å². The van der Waals surface area contributed by atoms with E-state index < -0.39 is 20.0 Å². The molecule has 1 rings (SSSR count). The second-order valence-corrected chi connectivity index (χ2v) is 7.87. The Balaban J connectivity index is 2.57. The molecule has 0 spiro atoms. The fraction of sp³-hybridized carbons (Fsp3) is 1.00. The molecule has 1 heterocycles. The Hall–Kier alpha value is -0.180. The standard InChI is InChI=1S/C8H18N2O4S2/c1-2-15(11,12)9-16(13,14)8-10-6-4-3-5-7-10/h9H,2-8H2,1H3. The highest BCUT2D eigenvalue weighted by Crippen LogP contribution is 2.09. The van der Waals surface area contributed by atoms with E-state index in [9.17, 15) is 16.8 Å². The summed E-state index contributed by atoms with van der Waals surface area (Å²) in [7, 11) is -7.46. The molecule has 1 saturated heterocycles. The molecule has 1 aliphatic heterocycles. The third-order valence-electron chi connectivity index (χ3n) is 2.44. The molecule has 0 bridgehead atoms. The average molecular weight is 270 g/mol. The van der Waals surface area contributed by atoms with Crippen LogP contribution in [0.2, 0.25) is 0 Å². The van der Waals surface area contributed by atoms with Gasteiger partial charge in [-0.25, -0.2) is 16.8 Å². The largest absolute Gasteiger partial charge is 0.289 e. The zero-order valence-corrected chi connectivity index (χ0v) is 11.0. The smallest absolute Gasteiger partial charge is 0.237 e. The van der Waals surface area contributed by atoms with Crippen LogP contribution in [-0.4, -0.2) is 46.5 Å². The summed E-state index contributed by atoms with van der Waals surface area (Å²) >= 11 is 0. The maximum absolute atomic E-state index is 11.5. The van der Waals surface area contributed by atoms with Crippen molar-refractivity contribution in [3.05, 3.63) is 0 Å². The third kappa shape index (κ3) is 4.77. The Morgan fingerprint density at radius 1 is 1.00 bits per heavy atom.